The van der Waals surface area contributed by atoms with Crippen molar-refractivity contribution in [1.82, 2.24) is 10.5 Å². The van der Waals surface area contributed by atoms with E-state index in [1.165, 1.54) is 11.3 Å². The Kier molecular flexibility index (Phi) is 4.72. The number of nitrogens with one attached hydrogen (secondary N) is 1. The van der Waals surface area contributed by atoms with Crippen molar-refractivity contribution in [2.75, 3.05) is 6.61 Å². The number of carbonyl (C=O) groups excluding carboxylic acids is 1. The molecule has 0 aliphatic heterocycles. The van der Waals surface area contributed by atoms with Crippen LogP contribution in [0.5, 0.6) is 0 Å². The fourth-order valence-electron chi connectivity index (χ4n) is 0.881. The molecule has 1 aromatic rings. The van der Waals surface area contributed by atoms with Crippen molar-refractivity contribution in [3.05, 3.63) is 11.1 Å². The van der Waals surface area contributed by atoms with E-state index >= 15 is 0 Å². The minimum absolute atomic E-state index is 0.145. The van der Waals surface area contributed by atoms with E-state index in [2.05, 4.69) is 9.98 Å². The Morgan fingerprint density at radius 2 is 2.67 bits per heavy atom. The molecule has 0 bridgehead atoms. The summed E-state index contributed by atoms with van der Waals surface area (Å²) in [5, 5.41) is 10.4. The van der Waals surface area contributed by atoms with Gasteiger partial charge in [0.05, 0.1) is 18.7 Å². The molecule has 1 rings (SSSR count). The lowest BCUT2D eigenvalue weighted by atomic mass is 10.3. The molecule has 0 fully saturated rings. The molecule has 0 saturated carbocycles. The Morgan fingerprint density at radius 1 is 1.87 bits per heavy atom. The predicted molar refractivity (Wildman–Crippen MR) is 55.5 cm³/mol. The molecule has 6 nitrogen and oxygen atoms in total. The second-order valence-electron chi connectivity index (χ2n) is 2.49. The number of rotatable bonds is 5. The van der Waals surface area contributed by atoms with Crippen LogP contribution in [0.2, 0.25) is 0 Å². The van der Waals surface area contributed by atoms with Gasteiger partial charge in [0.1, 0.15) is 6.34 Å². The number of aromatic nitrogens is 1. The van der Waals surface area contributed by atoms with Crippen LogP contribution in [0.25, 0.3) is 0 Å². The average molecular weight is 229 g/mol. The summed E-state index contributed by atoms with van der Waals surface area (Å²) >= 11 is 1.28. The highest BCUT2D eigenvalue weighted by molar-refractivity contribution is 7.13. The van der Waals surface area contributed by atoms with Crippen molar-refractivity contribution in [1.29, 1.82) is 0 Å². The van der Waals surface area contributed by atoms with Crippen molar-refractivity contribution in [2.24, 2.45) is 4.99 Å². The third kappa shape index (κ3) is 4.05. The standard InChI is InChI=1S/C8H11N3O3S/c1-2-14-7(12)3-6-4-15-8(11-6)9-5-10-13/h4-5,13H,2-3H2,1H3,(H,9,10,11). The maximum Gasteiger partial charge on any atom is 0.311 e. The van der Waals surface area contributed by atoms with E-state index in [1.54, 1.807) is 17.8 Å². The van der Waals surface area contributed by atoms with Gasteiger partial charge in [-0.05, 0) is 6.92 Å². The van der Waals surface area contributed by atoms with E-state index in [4.69, 9.17) is 9.94 Å². The highest BCUT2D eigenvalue weighted by atomic mass is 32.1. The van der Waals surface area contributed by atoms with Crippen LogP contribution in [-0.4, -0.2) is 29.1 Å². The lowest BCUT2D eigenvalue weighted by molar-refractivity contribution is -0.142. The molecule has 2 N–H and O–H groups in total. The van der Waals surface area contributed by atoms with Crippen molar-refractivity contribution >= 4 is 28.8 Å². The fraction of sp³-hybridized carbons (Fsp3) is 0.375. The van der Waals surface area contributed by atoms with Crippen LogP contribution in [0.1, 0.15) is 12.6 Å². The number of carbonyl (C=O) groups is 1. The highest BCUT2D eigenvalue weighted by Gasteiger charge is 2.07. The summed E-state index contributed by atoms with van der Waals surface area (Å²) < 4.78 is 4.77. The molecular weight excluding hydrogens is 218 g/mol. The number of nitrogens with zero attached hydrogens (tertiary/aromatic N) is 2. The topological polar surface area (TPSA) is 83.8 Å². The number of hydroxylamine groups is 1. The normalized spacial score (nSPS) is 10.5. The van der Waals surface area contributed by atoms with Crippen LogP contribution in [0.4, 0.5) is 5.13 Å². The van der Waals surface area contributed by atoms with Crippen molar-refractivity contribution in [2.45, 2.75) is 13.3 Å². The van der Waals surface area contributed by atoms with Crippen LogP contribution in [-0.2, 0) is 16.0 Å². The average Bonchev–Trinajstić information content (AvgIpc) is 2.63. The summed E-state index contributed by atoms with van der Waals surface area (Å²) in [4.78, 5) is 18.9. The summed E-state index contributed by atoms with van der Waals surface area (Å²) in [6, 6.07) is 0. The van der Waals surface area contributed by atoms with Gasteiger partial charge in [-0.25, -0.2) is 9.98 Å². The zero-order chi connectivity index (χ0) is 11.1. The van der Waals surface area contributed by atoms with Gasteiger partial charge in [0.25, 0.3) is 0 Å². The lowest BCUT2D eigenvalue weighted by Gasteiger charge is -1.97. The predicted octanol–water partition coefficient (Wildman–Crippen LogP) is 0.887. The molecule has 0 spiro atoms. The Morgan fingerprint density at radius 3 is 3.33 bits per heavy atom. The Labute approximate surface area is 90.6 Å². The van der Waals surface area contributed by atoms with Gasteiger partial charge in [-0.15, -0.1) is 11.3 Å². The molecule has 0 aliphatic rings. The zero-order valence-electron chi connectivity index (χ0n) is 8.14. The summed E-state index contributed by atoms with van der Waals surface area (Å²) in [6.45, 7) is 2.12. The quantitative estimate of drug-likeness (QED) is 0.339. The fourth-order valence-corrected chi connectivity index (χ4v) is 1.54. The number of aliphatic imine (C=N–C) groups is 1. The lowest BCUT2D eigenvalue weighted by Crippen LogP contribution is -2.07. The van der Waals surface area contributed by atoms with E-state index in [-0.39, 0.29) is 12.4 Å². The highest BCUT2D eigenvalue weighted by Crippen LogP contribution is 2.18. The van der Waals surface area contributed by atoms with Crippen molar-refractivity contribution in [3.8, 4) is 0 Å². The van der Waals surface area contributed by atoms with Gasteiger partial charge in [-0.1, -0.05) is 0 Å². The largest absolute Gasteiger partial charge is 0.466 e. The molecule has 0 radical (unpaired) electrons. The first kappa shape index (κ1) is 11.6. The summed E-state index contributed by atoms with van der Waals surface area (Å²) in [6.07, 6.45) is 1.25. The van der Waals surface area contributed by atoms with Gasteiger partial charge in [-0.2, -0.15) is 0 Å². The summed E-state index contributed by atoms with van der Waals surface area (Å²) in [7, 11) is 0. The van der Waals surface area contributed by atoms with E-state index in [0.717, 1.165) is 6.34 Å². The van der Waals surface area contributed by atoms with Crippen LogP contribution >= 0.6 is 11.3 Å². The third-order valence-corrected chi connectivity index (χ3v) is 2.20. The zero-order valence-corrected chi connectivity index (χ0v) is 8.95. The first-order valence-electron chi connectivity index (χ1n) is 4.28. The number of esters is 1. The number of thiazole rings is 1. The molecule has 0 unspecified atom stereocenters. The van der Waals surface area contributed by atoms with Gasteiger partial charge in [0.15, 0.2) is 0 Å². The van der Waals surface area contributed by atoms with Gasteiger partial charge >= 0.3 is 5.97 Å². The minimum atomic E-state index is -0.307. The maximum atomic E-state index is 11.1. The smallest absolute Gasteiger partial charge is 0.311 e. The SMILES string of the molecule is CCOC(=O)Cc1csc(N=CNO)n1. The Balaban J connectivity index is 2.52. The summed E-state index contributed by atoms with van der Waals surface area (Å²) in [5.41, 5.74) is 2.38. The van der Waals surface area contributed by atoms with E-state index in [9.17, 15) is 4.79 Å². The number of hydrogen-bond donors (Lipinski definition) is 2. The van der Waals surface area contributed by atoms with E-state index < -0.39 is 0 Å². The molecule has 0 amide bonds. The van der Waals surface area contributed by atoms with Gasteiger partial charge in [0.2, 0.25) is 5.13 Å². The molecule has 15 heavy (non-hydrogen) atoms. The van der Waals surface area contributed by atoms with E-state index in [1.807, 2.05) is 0 Å². The minimum Gasteiger partial charge on any atom is -0.466 e. The molecule has 7 heteroatoms. The summed E-state index contributed by atoms with van der Waals surface area (Å²) in [5.74, 6) is -0.307. The van der Waals surface area contributed by atoms with Crippen LogP contribution in [0.15, 0.2) is 10.4 Å². The van der Waals surface area contributed by atoms with Crippen LogP contribution in [0, 0.1) is 0 Å². The van der Waals surface area contributed by atoms with E-state index in [0.29, 0.717) is 17.4 Å². The molecule has 1 aromatic heterocycles. The number of ether oxygens (including phenoxy) is 1. The van der Waals surface area contributed by atoms with Gasteiger partial charge < -0.3 is 4.74 Å². The molecular formula is C8H11N3O3S. The second-order valence-corrected chi connectivity index (χ2v) is 3.33. The Bertz CT molecular complexity index is 351. The molecule has 0 aliphatic carbocycles. The maximum absolute atomic E-state index is 11.1. The molecule has 0 saturated heterocycles. The monoisotopic (exact) mass is 229 g/mol. The van der Waals surface area contributed by atoms with Crippen molar-refractivity contribution in [3.63, 3.8) is 0 Å². The Hall–Kier alpha value is -1.47. The second kappa shape index (κ2) is 6.10. The molecule has 1 heterocycles. The molecule has 0 atom stereocenters. The third-order valence-electron chi connectivity index (χ3n) is 1.40. The molecule has 0 aromatic carbocycles. The van der Waals surface area contributed by atoms with Crippen LogP contribution < -0.4 is 5.48 Å². The van der Waals surface area contributed by atoms with Gasteiger partial charge in [0, 0.05) is 5.38 Å². The molecule has 82 valence electrons. The van der Waals surface area contributed by atoms with Crippen molar-refractivity contribution < 1.29 is 14.7 Å². The first-order chi connectivity index (χ1) is 7.26. The number of hydrogen-bond acceptors (Lipinski definition) is 6. The first-order valence-corrected chi connectivity index (χ1v) is 5.16. The van der Waals surface area contributed by atoms with Gasteiger partial charge in [-0.3, -0.25) is 15.5 Å². The van der Waals surface area contributed by atoms with Crippen LogP contribution in [0.3, 0.4) is 0 Å².